The second-order valence-corrected chi connectivity index (χ2v) is 5.83. The molecule has 3 atom stereocenters. The van der Waals surface area contributed by atoms with Gasteiger partial charge in [-0.15, -0.1) is 11.8 Å². The summed E-state index contributed by atoms with van der Waals surface area (Å²) < 4.78 is 0. The SMILES string of the molecule is CCC(C)CC1(CC)NC(C)CS1. The molecule has 0 aromatic heterocycles. The van der Waals surface area contributed by atoms with E-state index in [-0.39, 0.29) is 0 Å². The van der Waals surface area contributed by atoms with E-state index in [0.717, 1.165) is 5.92 Å². The molecular formula is C11H23NS. The average molecular weight is 201 g/mol. The van der Waals surface area contributed by atoms with Crippen molar-refractivity contribution in [1.29, 1.82) is 0 Å². The smallest absolute Gasteiger partial charge is 0.0648 e. The summed E-state index contributed by atoms with van der Waals surface area (Å²) in [5.41, 5.74) is 0. The Balaban J connectivity index is 2.50. The largest absolute Gasteiger partial charge is 0.299 e. The third-order valence-electron chi connectivity index (χ3n) is 3.07. The lowest BCUT2D eigenvalue weighted by atomic mass is 9.97. The molecular weight excluding hydrogens is 178 g/mol. The van der Waals surface area contributed by atoms with Crippen molar-refractivity contribution in [2.75, 3.05) is 5.75 Å². The first-order chi connectivity index (χ1) is 6.12. The lowest BCUT2D eigenvalue weighted by Gasteiger charge is -2.30. The van der Waals surface area contributed by atoms with E-state index in [2.05, 4.69) is 44.8 Å². The Hall–Kier alpha value is 0.310. The minimum atomic E-state index is 0.398. The van der Waals surface area contributed by atoms with Gasteiger partial charge in [0.15, 0.2) is 0 Å². The van der Waals surface area contributed by atoms with E-state index >= 15 is 0 Å². The number of thioether (sulfide) groups is 1. The van der Waals surface area contributed by atoms with Gasteiger partial charge in [0.1, 0.15) is 0 Å². The van der Waals surface area contributed by atoms with Crippen LogP contribution in [0.25, 0.3) is 0 Å². The summed E-state index contributed by atoms with van der Waals surface area (Å²) in [6.45, 7) is 9.25. The van der Waals surface area contributed by atoms with Crippen molar-refractivity contribution in [3.63, 3.8) is 0 Å². The van der Waals surface area contributed by atoms with Crippen LogP contribution in [0.4, 0.5) is 0 Å². The van der Waals surface area contributed by atoms with Crippen LogP contribution in [0.1, 0.15) is 47.0 Å². The van der Waals surface area contributed by atoms with E-state index in [4.69, 9.17) is 0 Å². The normalized spacial score (nSPS) is 36.5. The van der Waals surface area contributed by atoms with Crippen LogP contribution in [0.3, 0.4) is 0 Å². The highest BCUT2D eigenvalue weighted by atomic mass is 32.2. The van der Waals surface area contributed by atoms with Gasteiger partial charge < -0.3 is 0 Å². The molecule has 1 saturated heterocycles. The van der Waals surface area contributed by atoms with Crippen molar-refractivity contribution < 1.29 is 0 Å². The standard InChI is InChI=1S/C11H23NS/c1-5-9(3)7-11(6-2)12-10(4)8-13-11/h9-10,12H,5-8H2,1-4H3. The Morgan fingerprint density at radius 1 is 1.54 bits per heavy atom. The predicted molar refractivity (Wildman–Crippen MR) is 62.1 cm³/mol. The fraction of sp³-hybridized carbons (Fsp3) is 1.00. The Kier molecular flexibility index (Phi) is 4.11. The first-order valence-corrected chi connectivity index (χ1v) is 6.52. The molecule has 0 spiro atoms. The summed E-state index contributed by atoms with van der Waals surface area (Å²) in [5, 5.41) is 3.75. The quantitative estimate of drug-likeness (QED) is 0.749. The van der Waals surface area contributed by atoms with Crippen molar-refractivity contribution in [1.82, 2.24) is 5.32 Å². The molecule has 0 bridgehead atoms. The maximum absolute atomic E-state index is 3.75. The van der Waals surface area contributed by atoms with Crippen LogP contribution in [-0.2, 0) is 0 Å². The maximum Gasteiger partial charge on any atom is 0.0648 e. The molecule has 13 heavy (non-hydrogen) atoms. The second-order valence-electron chi connectivity index (χ2n) is 4.42. The predicted octanol–water partition coefficient (Wildman–Crippen LogP) is 3.25. The van der Waals surface area contributed by atoms with Crippen molar-refractivity contribution in [3.05, 3.63) is 0 Å². The van der Waals surface area contributed by atoms with E-state index in [9.17, 15) is 0 Å². The van der Waals surface area contributed by atoms with E-state index in [1.165, 1.54) is 25.0 Å². The van der Waals surface area contributed by atoms with Crippen LogP contribution in [0.15, 0.2) is 0 Å². The zero-order chi connectivity index (χ0) is 9.90. The summed E-state index contributed by atoms with van der Waals surface area (Å²) in [6, 6.07) is 0.703. The molecule has 1 nitrogen and oxygen atoms in total. The molecule has 1 heterocycles. The van der Waals surface area contributed by atoms with Gasteiger partial charge >= 0.3 is 0 Å². The number of rotatable bonds is 4. The van der Waals surface area contributed by atoms with Crippen LogP contribution < -0.4 is 5.32 Å². The van der Waals surface area contributed by atoms with Crippen molar-refractivity contribution in [3.8, 4) is 0 Å². The van der Waals surface area contributed by atoms with Crippen molar-refractivity contribution in [2.45, 2.75) is 57.9 Å². The summed E-state index contributed by atoms with van der Waals surface area (Å²) in [6.07, 6.45) is 3.89. The molecule has 0 amide bonds. The summed E-state index contributed by atoms with van der Waals surface area (Å²) in [7, 11) is 0. The number of nitrogens with one attached hydrogen (secondary N) is 1. The van der Waals surface area contributed by atoms with Gasteiger partial charge in [-0.3, -0.25) is 5.32 Å². The number of hydrogen-bond acceptors (Lipinski definition) is 2. The van der Waals surface area contributed by atoms with E-state index in [0.29, 0.717) is 10.9 Å². The lowest BCUT2D eigenvalue weighted by Crippen LogP contribution is -2.41. The highest BCUT2D eigenvalue weighted by molar-refractivity contribution is 8.00. The highest BCUT2D eigenvalue weighted by Crippen LogP contribution is 2.38. The molecule has 1 rings (SSSR count). The minimum absolute atomic E-state index is 0.398. The van der Waals surface area contributed by atoms with E-state index < -0.39 is 0 Å². The summed E-state index contributed by atoms with van der Waals surface area (Å²) >= 11 is 2.13. The molecule has 2 heteroatoms. The van der Waals surface area contributed by atoms with Crippen LogP contribution in [0, 0.1) is 5.92 Å². The first kappa shape index (κ1) is 11.4. The highest BCUT2D eigenvalue weighted by Gasteiger charge is 2.36. The second kappa shape index (κ2) is 4.70. The van der Waals surface area contributed by atoms with E-state index in [1.54, 1.807) is 0 Å². The molecule has 1 aliphatic heterocycles. The van der Waals surface area contributed by atoms with Crippen molar-refractivity contribution >= 4 is 11.8 Å². The van der Waals surface area contributed by atoms with Crippen LogP contribution in [0.2, 0.25) is 0 Å². The molecule has 0 saturated carbocycles. The third-order valence-corrected chi connectivity index (χ3v) is 4.86. The van der Waals surface area contributed by atoms with E-state index in [1.807, 2.05) is 0 Å². The number of hydrogen-bond donors (Lipinski definition) is 1. The lowest BCUT2D eigenvalue weighted by molar-refractivity contribution is 0.349. The zero-order valence-electron chi connectivity index (χ0n) is 9.39. The van der Waals surface area contributed by atoms with Crippen molar-refractivity contribution in [2.24, 2.45) is 5.92 Å². The average Bonchev–Trinajstić information content (AvgIpc) is 2.48. The molecule has 0 aliphatic carbocycles. The van der Waals surface area contributed by atoms with Gasteiger partial charge in [0.05, 0.1) is 4.87 Å². The monoisotopic (exact) mass is 201 g/mol. The van der Waals surface area contributed by atoms with Gasteiger partial charge in [-0.2, -0.15) is 0 Å². The Bertz CT molecular complexity index is 160. The Morgan fingerprint density at radius 2 is 2.23 bits per heavy atom. The van der Waals surface area contributed by atoms with Crippen LogP contribution in [-0.4, -0.2) is 16.7 Å². The molecule has 1 N–H and O–H groups in total. The molecule has 78 valence electrons. The fourth-order valence-corrected chi connectivity index (χ4v) is 3.53. The minimum Gasteiger partial charge on any atom is -0.299 e. The molecule has 0 aromatic carbocycles. The molecule has 1 aliphatic rings. The molecule has 0 aromatic rings. The van der Waals surface area contributed by atoms with Crippen LogP contribution >= 0.6 is 11.8 Å². The van der Waals surface area contributed by atoms with Gasteiger partial charge in [0.25, 0.3) is 0 Å². The van der Waals surface area contributed by atoms with Gasteiger partial charge in [0, 0.05) is 11.8 Å². The maximum atomic E-state index is 3.75. The summed E-state index contributed by atoms with van der Waals surface area (Å²) in [5.74, 6) is 2.13. The van der Waals surface area contributed by atoms with Crippen LogP contribution in [0.5, 0.6) is 0 Å². The Labute approximate surface area is 87.1 Å². The van der Waals surface area contributed by atoms with Gasteiger partial charge in [0.2, 0.25) is 0 Å². The zero-order valence-corrected chi connectivity index (χ0v) is 10.2. The Morgan fingerprint density at radius 3 is 2.62 bits per heavy atom. The van der Waals surface area contributed by atoms with Gasteiger partial charge in [-0.25, -0.2) is 0 Å². The molecule has 1 fully saturated rings. The molecule has 0 radical (unpaired) electrons. The topological polar surface area (TPSA) is 12.0 Å². The summed E-state index contributed by atoms with van der Waals surface area (Å²) in [4.78, 5) is 0.398. The fourth-order valence-electron chi connectivity index (χ4n) is 1.99. The first-order valence-electron chi connectivity index (χ1n) is 5.53. The van der Waals surface area contributed by atoms with Gasteiger partial charge in [-0.05, 0) is 25.7 Å². The molecule has 3 unspecified atom stereocenters. The van der Waals surface area contributed by atoms with Gasteiger partial charge in [-0.1, -0.05) is 27.2 Å². The third kappa shape index (κ3) is 2.88.